The number of pyridine rings is 1. The monoisotopic (exact) mass is 1000 g/mol. The number of carbonyl (C=O) groups is 1. The zero-order valence-electron chi connectivity index (χ0n) is 37.0. The van der Waals surface area contributed by atoms with E-state index in [2.05, 4.69) is 26.1 Å². The van der Waals surface area contributed by atoms with E-state index in [1.54, 1.807) is 35.3 Å². The number of nitrogens with one attached hydrogen (secondary N) is 2. The lowest BCUT2D eigenvalue weighted by Crippen LogP contribution is -2.51. The van der Waals surface area contributed by atoms with E-state index in [1.807, 2.05) is 79.7 Å². The third-order valence-corrected chi connectivity index (χ3v) is 12.9. The topological polar surface area (TPSA) is 149 Å². The molecule has 3 atom stereocenters. The van der Waals surface area contributed by atoms with Crippen molar-refractivity contribution in [3.8, 4) is 11.9 Å². The van der Waals surface area contributed by atoms with E-state index in [1.165, 1.54) is 45.2 Å². The van der Waals surface area contributed by atoms with Gasteiger partial charge >= 0.3 is 6.18 Å². The van der Waals surface area contributed by atoms with E-state index in [4.69, 9.17) is 44.6 Å². The number of hydrazone groups is 1. The molecule has 1 aromatic heterocycles. The zero-order chi connectivity index (χ0) is 49.2. The minimum atomic E-state index is -4.52. The van der Waals surface area contributed by atoms with Crippen LogP contribution >= 0.6 is 34.8 Å². The van der Waals surface area contributed by atoms with Crippen molar-refractivity contribution in [1.82, 2.24) is 20.0 Å². The van der Waals surface area contributed by atoms with Gasteiger partial charge in [-0.15, -0.1) is 0 Å². The molecule has 11 nitrogen and oxygen atoms in total. The standard InChI is InChI=1S/C27H25ClF3N3O2.C23H20Cl2N4O2S/c1-17(34-25(35)26(2,3)36-24-12-9-21(16-33-24)27(29,30)31)23(14-18-7-10-22(28)11-8-18)20-6-4-5-19(13-20)15-32;1-26-23(28-32(30,31)20-13-11-19(25)12-14-20)29-15-21(16-5-3-2-4-6-16)22(27-29)17-7-9-18(24)10-8-17/h4-13,16-17,23H,14H2,1-3H3,(H,34,35);2-14,21H,15H2,1H3,(H,26,28)/t17-,23+;21-/m01/s1. The first-order chi connectivity index (χ1) is 32.3. The number of rotatable bonds is 12. The summed E-state index contributed by atoms with van der Waals surface area (Å²) in [6.07, 6.45) is -3.29. The molecule has 0 aliphatic carbocycles. The molecule has 2 heterocycles. The maximum absolute atomic E-state index is 13.1. The number of nitrogens with zero attached hydrogens (tertiary/aromatic N) is 5. The molecule has 0 radical (unpaired) electrons. The SMILES string of the molecule is CN=C(NS(=O)(=O)c1ccc(Cl)cc1)N1C[C@H](c2ccccc2)C(c2ccc(Cl)cc2)=N1.C[C@H](NC(=O)C(C)(C)Oc1ccc(C(F)(F)F)cn1)[C@@H](Cc1ccc(Cl)cc1)c1cccc(C#N)c1. The lowest BCUT2D eigenvalue weighted by molar-refractivity contribution is -0.138. The number of hydrogen-bond acceptors (Lipinski definition) is 8. The number of ether oxygens (including phenoxy) is 1. The second-order valence-corrected chi connectivity index (χ2v) is 19.1. The normalized spacial score (nSPS) is 15.0. The van der Waals surface area contributed by atoms with Gasteiger partial charge in [0, 0.05) is 52.3 Å². The molecular weight excluding hydrogens is 958 g/mol. The quantitative estimate of drug-likeness (QED) is 0.0916. The summed E-state index contributed by atoms with van der Waals surface area (Å²) < 4.78 is 72.4. The Hall–Kier alpha value is -6.44. The van der Waals surface area contributed by atoms with E-state index in [9.17, 15) is 31.6 Å². The van der Waals surface area contributed by atoms with Crippen molar-refractivity contribution >= 4 is 62.4 Å². The van der Waals surface area contributed by atoms with Crippen molar-refractivity contribution in [1.29, 1.82) is 5.26 Å². The predicted octanol–water partition coefficient (Wildman–Crippen LogP) is 11.1. The van der Waals surface area contributed by atoms with Gasteiger partial charge in [-0.2, -0.15) is 23.5 Å². The van der Waals surface area contributed by atoms with Crippen molar-refractivity contribution < 1.29 is 31.1 Å². The number of guanidine groups is 1. The van der Waals surface area contributed by atoms with E-state index in [0.29, 0.717) is 39.8 Å². The highest BCUT2D eigenvalue weighted by Gasteiger charge is 2.36. The number of carbonyl (C=O) groups excluding carboxylic acids is 1. The van der Waals surface area contributed by atoms with E-state index in [0.717, 1.165) is 40.1 Å². The number of amides is 1. The van der Waals surface area contributed by atoms with Gasteiger partial charge in [0.25, 0.3) is 15.9 Å². The minimum absolute atomic E-state index is 0.0749. The van der Waals surface area contributed by atoms with Crippen LogP contribution in [0.1, 0.15) is 66.0 Å². The van der Waals surface area contributed by atoms with Crippen molar-refractivity contribution in [3.63, 3.8) is 0 Å². The number of alkyl halides is 3. The molecule has 0 saturated carbocycles. The second kappa shape index (κ2) is 22.1. The van der Waals surface area contributed by atoms with Gasteiger partial charge in [0.15, 0.2) is 5.60 Å². The molecule has 2 N–H and O–H groups in total. The van der Waals surface area contributed by atoms with Gasteiger partial charge in [0.05, 0.1) is 34.3 Å². The van der Waals surface area contributed by atoms with E-state index >= 15 is 0 Å². The van der Waals surface area contributed by atoms with Crippen LogP contribution in [0.3, 0.4) is 0 Å². The summed E-state index contributed by atoms with van der Waals surface area (Å²) in [5, 5.41) is 20.3. The molecule has 7 rings (SSSR count). The van der Waals surface area contributed by atoms with Gasteiger partial charge in [-0.3, -0.25) is 9.79 Å². The average Bonchev–Trinajstić information content (AvgIpc) is 3.76. The summed E-state index contributed by atoms with van der Waals surface area (Å²) >= 11 is 18.0. The molecular formula is C50H45Cl3F3N7O4S. The van der Waals surface area contributed by atoms with Crippen LogP contribution in [-0.4, -0.2) is 61.2 Å². The Bertz CT molecular complexity index is 2900. The first-order valence-electron chi connectivity index (χ1n) is 21.0. The van der Waals surface area contributed by atoms with Gasteiger partial charge in [0.2, 0.25) is 11.8 Å². The number of nitriles is 1. The van der Waals surface area contributed by atoms with Crippen LogP contribution < -0.4 is 14.8 Å². The molecule has 352 valence electrons. The van der Waals surface area contributed by atoms with Crippen LogP contribution in [0, 0.1) is 11.3 Å². The summed E-state index contributed by atoms with van der Waals surface area (Å²) in [5.74, 6) is -0.702. The Balaban J connectivity index is 0.000000225. The minimum Gasteiger partial charge on any atom is -0.462 e. The maximum atomic E-state index is 13.1. The van der Waals surface area contributed by atoms with E-state index in [-0.39, 0.29) is 34.6 Å². The molecule has 0 bridgehead atoms. The summed E-state index contributed by atoms with van der Waals surface area (Å²) in [7, 11) is -2.34. The molecule has 18 heteroatoms. The first-order valence-corrected chi connectivity index (χ1v) is 23.6. The van der Waals surface area contributed by atoms with E-state index < -0.39 is 33.3 Å². The van der Waals surface area contributed by atoms with Gasteiger partial charge in [-0.05, 0) is 116 Å². The van der Waals surface area contributed by atoms with Gasteiger partial charge in [-0.25, -0.2) is 23.1 Å². The average molecular weight is 1000 g/mol. The maximum Gasteiger partial charge on any atom is 0.417 e. The fourth-order valence-corrected chi connectivity index (χ4v) is 8.59. The van der Waals surface area contributed by atoms with Crippen LogP contribution in [0.4, 0.5) is 13.2 Å². The number of aliphatic imine (C=N–C) groups is 1. The molecule has 0 saturated heterocycles. The Labute approximate surface area is 408 Å². The number of aromatic nitrogens is 1. The number of hydrogen-bond donors (Lipinski definition) is 2. The molecule has 1 amide bonds. The zero-order valence-corrected chi connectivity index (χ0v) is 40.1. The third kappa shape index (κ3) is 13.4. The Morgan fingerprint density at radius 2 is 1.50 bits per heavy atom. The Morgan fingerprint density at radius 1 is 0.882 bits per heavy atom. The van der Waals surface area contributed by atoms with Crippen LogP contribution in [-0.2, 0) is 27.4 Å². The lowest BCUT2D eigenvalue weighted by Gasteiger charge is -2.30. The molecule has 1 aliphatic heterocycles. The summed E-state index contributed by atoms with van der Waals surface area (Å²) in [5.41, 5.74) is 2.83. The molecule has 0 spiro atoms. The Kier molecular flexibility index (Phi) is 16.6. The summed E-state index contributed by atoms with van der Waals surface area (Å²) in [6, 6.07) is 41.6. The van der Waals surface area contributed by atoms with Crippen molar-refractivity contribution in [2.75, 3.05) is 13.6 Å². The Morgan fingerprint density at radius 3 is 2.07 bits per heavy atom. The number of benzene rings is 5. The van der Waals surface area contributed by atoms with Crippen LogP contribution in [0.25, 0.3) is 0 Å². The van der Waals surface area contributed by atoms with Crippen LogP contribution in [0.15, 0.2) is 161 Å². The highest BCUT2D eigenvalue weighted by Crippen LogP contribution is 2.32. The smallest absolute Gasteiger partial charge is 0.417 e. The molecule has 68 heavy (non-hydrogen) atoms. The summed E-state index contributed by atoms with van der Waals surface area (Å²) in [6.45, 7) is 5.31. The largest absolute Gasteiger partial charge is 0.462 e. The molecule has 0 unspecified atom stereocenters. The highest BCUT2D eigenvalue weighted by atomic mass is 35.5. The fraction of sp³-hybridized carbons (Fsp3) is 0.220. The second-order valence-electron chi connectivity index (χ2n) is 16.1. The van der Waals surface area contributed by atoms with Crippen LogP contribution in [0.5, 0.6) is 5.88 Å². The van der Waals surface area contributed by atoms with Crippen LogP contribution in [0.2, 0.25) is 15.1 Å². The lowest BCUT2D eigenvalue weighted by atomic mass is 9.85. The molecule has 6 aromatic rings. The van der Waals surface area contributed by atoms with Gasteiger partial charge in [0.1, 0.15) is 0 Å². The first kappa shape index (κ1) is 51.0. The molecule has 1 aliphatic rings. The number of sulfonamides is 1. The fourth-order valence-electron chi connectivity index (χ4n) is 7.16. The van der Waals surface area contributed by atoms with Crippen molar-refractivity contribution in [2.24, 2.45) is 10.1 Å². The predicted molar refractivity (Wildman–Crippen MR) is 260 cm³/mol. The molecule has 0 fully saturated rings. The number of halogens is 6. The van der Waals surface area contributed by atoms with Crippen molar-refractivity contribution in [3.05, 3.63) is 194 Å². The molecule has 5 aromatic carbocycles. The van der Waals surface area contributed by atoms with Crippen molar-refractivity contribution in [2.45, 2.75) is 61.7 Å². The summed E-state index contributed by atoms with van der Waals surface area (Å²) in [4.78, 5) is 21.1. The highest BCUT2D eigenvalue weighted by molar-refractivity contribution is 7.90. The van der Waals surface area contributed by atoms with Gasteiger partial charge < -0.3 is 10.1 Å². The van der Waals surface area contributed by atoms with Gasteiger partial charge in [-0.1, -0.05) is 102 Å². The third-order valence-electron chi connectivity index (χ3n) is 10.8.